The monoisotopic (exact) mass is 506 g/mol. The molecule has 1 aliphatic rings. The van der Waals surface area contributed by atoms with Gasteiger partial charge in [-0.1, -0.05) is 66.7 Å². The molecule has 4 aromatic carbocycles. The Morgan fingerprint density at radius 2 is 1.74 bits per heavy atom. The van der Waals surface area contributed by atoms with Crippen molar-refractivity contribution >= 4 is 5.97 Å². The SMILES string of the molecule is N#CC1=C(N)Oc2cc(OC(=O)Cc3ccccc3)ccc2C1c1cccc(OCc2ccccc2F)c1. The Kier molecular flexibility index (Phi) is 7.05. The second kappa shape index (κ2) is 10.9. The smallest absolute Gasteiger partial charge is 0.315 e. The minimum Gasteiger partial charge on any atom is -0.489 e. The number of ether oxygens (including phenoxy) is 3. The van der Waals surface area contributed by atoms with Crippen molar-refractivity contribution in [3.05, 3.63) is 137 Å². The van der Waals surface area contributed by atoms with Gasteiger partial charge in [0.15, 0.2) is 0 Å². The van der Waals surface area contributed by atoms with E-state index >= 15 is 0 Å². The van der Waals surface area contributed by atoms with Crippen LogP contribution in [0.15, 0.2) is 109 Å². The number of benzene rings is 4. The fourth-order valence-electron chi connectivity index (χ4n) is 4.33. The van der Waals surface area contributed by atoms with Crippen LogP contribution in [0.1, 0.15) is 28.2 Å². The average Bonchev–Trinajstić information content (AvgIpc) is 2.92. The van der Waals surface area contributed by atoms with Crippen LogP contribution in [0.2, 0.25) is 0 Å². The number of hydrogen-bond acceptors (Lipinski definition) is 6. The highest BCUT2D eigenvalue weighted by Gasteiger charge is 2.31. The third-order valence-electron chi connectivity index (χ3n) is 6.16. The zero-order chi connectivity index (χ0) is 26.5. The molecule has 6 nitrogen and oxygen atoms in total. The van der Waals surface area contributed by atoms with Crippen LogP contribution in [0.4, 0.5) is 4.39 Å². The standard InChI is InChI=1S/C31H23FN2O4/c32-27-12-5-4-9-22(27)19-36-23-11-6-10-21(16-23)30-25-14-13-24(17-28(25)38-31(34)26(30)18-33)37-29(35)15-20-7-2-1-3-8-20/h1-14,16-17,30H,15,19,34H2. The van der Waals surface area contributed by atoms with Crippen LogP contribution < -0.4 is 19.9 Å². The first-order valence-electron chi connectivity index (χ1n) is 11.9. The molecule has 2 N–H and O–H groups in total. The predicted molar refractivity (Wildman–Crippen MR) is 139 cm³/mol. The van der Waals surface area contributed by atoms with Gasteiger partial charge < -0.3 is 19.9 Å². The summed E-state index contributed by atoms with van der Waals surface area (Å²) in [4.78, 5) is 12.4. The van der Waals surface area contributed by atoms with Crippen molar-refractivity contribution < 1.29 is 23.4 Å². The molecule has 0 amide bonds. The molecule has 7 heteroatoms. The number of nitrogens with two attached hydrogens (primary N) is 1. The number of fused-ring (bicyclic) bond motifs is 1. The van der Waals surface area contributed by atoms with E-state index in [1.165, 1.54) is 6.07 Å². The van der Waals surface area contributed by atoms with Crippen LogP contribution in [0, 0.1) is 17.1 Å². The van der Waals surface area contributed by atoms with Crippen LogP contribution in [0.3, 0.4) is 0 Å². The summed E-state index contributed by atoms with van der Waals surface area (Å²) in [6, 6.07) is 30.1. The van der Waals surface area contributed by atoms with Crippen LogP contribution >= 0.6 is 0 Å². The Balaban J connectivity index is 1.39. The molecule has 0 bridgehead atoms. The largest absolute Gasteiger partial charge is 0.489 e. The zero-order valence-corrected chi connectivity index (χ0v) is 20.3. The summed E-state index contributed by atoms with van der Waals surface area (Å²) in [5, 5.41) is 9.87. The molecular weight excluding hydrogens is 483 g/mol. The molecule has 5 rings (SSSR count). The summed E-state index contributed by atoms with van der Waals surface area (Å²) in [6.45, 7) is 0.0568. The predicted octanol–water partition coefficient (Wildman–Crippen LogP) is 5.77. The second-order valence-electron chi connectivity index (χ2n) is 8.71. The first-order chi connectivity index (χ1) is 18.5. The van der Waals surface area contributed by atoms with Crippen molar-refractivity contribution in [1.82, 2.24) is 0 Å². The van der Waals surface area contributed by atoms with Crippen molar-refractivity contribution in [3.63, 3.8) is 0 Å². The van der Waals surface area contributed by atoms with Gasteiger partial charge in [-0.3, -0.25) is 4.79 Å². The molecule has 1 heterocycles. The van der Waals surface area contributed by atoms with Crippen molar-refractivity contribution in [2.75, 3.05) is 0 Å². The summed E-state index contributed by atoms with van der Waals surface area (Å²) in [5.41, 5.74) is 9.08. The molecule has 4 aromatic rings. The summed E-state index contributed by atoms with van der Waals surface area (Å²) >= 11 is 0. The normalized spacial score (nSPS) is 14.2. The average molecular weight is 507 g/mol. The van der Waals surface area contributed by atoms with Crippen molar-refractivity contribution in [2.24, 2.45) is 5.73 Å². The molecule has 188 valence electrons. The van der Waals surface area contributed by atoms with Crippen LogP contribution in [-0.2, 0) is 17.8 Å². The molecule has 0 radical (unpaired) electrons. The highest BCUT2D eigenvalue weighted by molar-refractivity contribution is 5.75. The molecule has 0 saturated carbocycles. The second-order valence-corrected chi connectivity index (χ2v) is 8.71. The maximum atomic E-state index is 14.0. The van der Waals surface area contributed by atoms with Crippen molar-refractivity contribution in [1.29, 1.82) is 5.26 Å². The van der Waals surface area contributed by atoms with Gasteiger partial charge in [0.05, 0.1) is 12.3 Å². The van der Waals surface area contributed by atoms with Gasteiger partial charge in [-0.25, -0.2) is 4.39 Å². The molecule has 0 spiro atoms. The van der Waals surface area contributed by atoms with Crippen molar-refractivity contribution in [2.45, 2.75) is 18.9 Å². The Morgan fingerprint density at radius 3 is 2.53 bits per heavy atom. The van der Waals surface area contributed by atoms with Crippen LogP contribution in [0.5, 0.6) is 17.2 Å². The summed E-state index contributed by atoms with van der Waals surface area (Å²) in [6.07, 6.45) is 0.127. The third-order valence-corrected chi connectivity index (χ3v) is 6.16. The first kappa shape index (κ1) is 24.6. The number of carbonyl (C=O) groups excluding carboxylic acids is 1. The van der Waals surface area contributed by atoms with E-state index < -0.39 is 11.9 Å². The molecule has 1 unspecified atom stereocenters. The number of allylic oxidation sites excluding steroid dienone is 1. The molecule has 1 aliphatic heterocycles. The highest BCUT2D eigenvalue weighted by atomic mass is 19.1. The van der Waals surface area contributed by atoms with Crippen molar-refractivity contribution in [3.8, 4) is 23.3 Å². The van der Waals surface area contributed by atoms with E-state index in [2.05, 4.69) is 6.07 Å². The highest BCUT2D eigenvalue weighted by Crippen LogP contribution is 2.44. The quantitative estimate of drug-likeness (QED) is 0.253. The molecule has 0 saturated heterocycles. The van der Waals surface area contributed by atoms with Gasteiger partial charge in [-0.15, -0.1) is 0 Å². The van der Waals surface area contributed by atoms with Gasteiger partial charge in [0.1, 0.15) is 41.3 Å². The van der Waals surface area contributed by atoms with Crippen LogP contribution in [-0.4, -0.2) is 5.97 Å². The summed E-state index contributed by atoms with van der Waals surface area (Å²) in [5.74, 6) is -0.117. The molecule has 1 atom stereocenters. The van der Waals surface area contributed by atoms with E-state index in [1.807, 2.05) is 36.4 Å². The number of rotatable bonds is 7. The lowest BCUT2D eigenvalue weighted by Gasteiger charge is -2.27. The van der Waals surface area contributed by atoms with Gasteiger partial charge in [0.25, 0.3) is 0 Å². The molecular formula is C31H23FN2O4. The molecule has 0 aliphatic carbocycles. The van der Waals surface area contributed by atoms with Gasteiger partial charge in [-0.2, -0.15) is 5.26 Å². The maximum absolute atomic E-state index is 14.0. The molecule has 38 heavy (non-hydrogen) atoms. The lowest BCUT2D eigenvalue weighted by Crippen LogP contribution is -2.21. The van der Waals surface area contributed by atoms with E-state index in [0.29, 0.717) is 28.4 Å². The summed E-state index contributed by atoms with van der Waals surface area (Å²) in [7, 11) is 0. The number of halogens is 1. The van der Waals surface area contributed by atoms with E-state index in [9.17, 15) is 14.4 Å². The molecule has 0 fully saturated rings. The fourth-order valence-corrected chi connectivity index (χ4v) is 4.33. The van der Waals surface area contributed by atoms with Gasteiger partial charge >= 0.3 is 5.97 Å². The lowest BCUT2D eigenvalue weighted by atomic mass is 9.83. The van der Waals surface area contributed by atoms with Crippen LogP contribution in [0.25, 0.3) is 0 Å². The minimum atomic E-state index is -0.533. The van der Waals surface area contributed by atoms with E-state index in [4.69, 9.17) is 19.9 Å². The Bertz CT molecular complexity index is 1560. The van der Waals surface area contributed by atoms with Gasteiger partial charge in [-0.05, 0) is 35.4 Å². The Morgan fingerprint density at radius 1 is 0.947 bits per heavy atom. The fraction of sp³-hybridized carbons (Fsp3) is 0.0968. The van der Waals surface area contributed by atoms with Gasteiger partial charge in [0, 0.05) is 17.2 Å². The first-order valence-corrected chi connectivity index (χ1v) is 11.9. The number of esters is 1. The third kappa shape index (κ3) is 5.35. The Labute approximate surface area is 219 Å². The maximum Gasteiger partial charge on any atom is 0.315 e. The number of nitrogens with zero attached hydrogens (tertiary/aromatic N) is 1. The van der Waals surface area contributed by atoms with E-state index in [1.54, 1.807) is 54.6 Å². The number of nitriles is 1. The van der Waals surface area contributed by atoms with Gasteiger partial charge in [0.2, 0.25) is 5.88 Å². The minimum absolute atomic E-state index is 0.0320. The number of hydrogen-bond donors (Lipinski definition) is 1. The topological polar surface area (TPSA) is 94.6 Å². The molecule has 0 aromatic heterocycles. The number of carbonyl (C=O) groups is 1. The van der Waals surface area contributed by atoms with E-state index in [-0.39, 0.29) is 30.3 Å². The zero-order valence-electron chi connectivity index (χ0n) is 20.3. The van der Waals surface area contributed by atoms with E-state index in [0.717, 1.165) is 11.1 Å². The Hall–Kier alpha value is -5.09. The summed E-state index contributed by atoms with van der Waals surface area (Å²) < 4.78 is 31.1. The lowest BCUT2D eigenvalue weighted by molar-refractivity contribution is -0.133.